The summed E-state index contributed by atoms with van der Waals surface area (Å²) in [6, 6.07) is 9.30. The van der Waals surface area contributed by atoms with Crippen molar-refractivity contribution in [2.75, 3.05) is 0 Å². The molecule has 5 aliphatic carbocycles. The summed E-state index contributed by atoms with van der Waals surface area (Å²) in [7, 11) is -3.82. The third kappa shape index (κ3) is 7.45. The highest BCUT2D eigenvalue weighted by molar-refractivity contribution is 6.74. The lowest BCUT2D eigenvalue weighted by atomic mass is 9.61. The van der Waals surface area contributed by atoms with Crippen LogP contribution < -0.4 is 0 Å². The minimum Gasteiger partial charge on any atom is -0.413 e. The van der Waals surface area contributed by atoms with Crippen LogP contribution in [0.2, 0.25) is 36.3 Å². The SMILES string of the molecule is CC(C)(C)[Si](C)(C)OC(CC=C[C@@H]1[C@@H](CC2Cc3ccc2cc3)[C@H](Cl)C[C@H]1O[Si](C)(C)C(C)(C)C)C1(CC2CC2)CCC1. The predicted octanol–water partition coefficient (Wildman–Crippen LogP) is 11.7. The zero-order valence-corrected chi connectivity index (χ0v) is 32.0. The second-order valence-corrected chi connectivity index (χ2v) is 28.3. The molecule has 0 spiro atoms. The smallest absolute Gasteiger partial charge is 0.192 e. The Hall–Kier alpha value is -0.396. The lowest BCUT2D eigenvalue weighted by Crippen LogP contribution is -2.51. The first-order valence-corrected chi connectivity index (χ1v) is 23.9. The lowest BCUT2D eigenvalue weighted by Gasteiger charge is -2.52. The fraction of sp³-hybridized carbons (Fsp3) is 0.789. The molecule has 2 unspecified atom stereocenters. The van der Waals surface area contributed by atoms with Crippen molar-refractivity contribution in [1.29, 1.82) is 0 Å². The molecule has 5 aliphatic rings. The molecule has 0 heterocycles. The topological polar surface area (TPSA) is 18.5 Å². The van der Waals surface area contributed by atoms with Gasteiger partial charge in [0.15, 0.2) is 16.6 Å². The maximum Gasteiger partial charge on any atom is 0.192 e. The molecule has 6 atom stereocenters. The van der Waals surface area contributed by atoms with Crippen molar-refractivity contribution in [2.24, 2.45) is 23.2 Å². The zero-order valence-electron chi connectivity index (χ0n) is 29.3. The van der Waals surface area contributed by atoms with Crippen molar-refractivity contribution in [1.82, 2.24) is 0 Å². The van der Waals surface area contributed by atoms with Gasteiger partial charge in [0.1, 0.15) is 0 Å². The van der Waals surface area contributed by atoms with Crippen LogP contribution in [0.1, 0.15) is 116 Å². The lowest BCUT2D eigenvalue weighted by molar-refractivity contribution is -0.0350. The van der Waals surface area contributed by atoms with Gasteiger partial charge in [-0.2, -0.15) is 0 Å². The maximum absolute atomic E-state index is 7.37. The number of benzene rings is 1. The van der Waals surface area contributed by atoms with Crippen LogP contribution in [0.15, 0.2) is 36.4 Å². The molecule has 43 heavy (non-hydrogen) atoms. The van der Waals surface area contributed by atoms with Crippen LogP contribution in [0.3, 0.4) is 0 Å². The molecular formula is C38H63ClO2Si2. The summed E-state index contributed by atoms with van der Waals surface area (Å²) in [5.41, 5.74) is 3.35. The normalized spacial score (nSPS) is 30.2. The fourth-order valence-electron chi connectivity index (χ4n) is 7.70. The van der Waals surface area contributed by atoms with Gasteiger partial charge in [-0.3, -0.25) is 0 Å². The van der Waals surface area contributed by atoms with E-state index in [1.807, 2.05) is 0 Å². The largest absolute Gasteiger partial charge is 0.413 e. The van der Waals surface area contributed by atoms with Gasteiger partial charge in [0.2, 0.25) is 0 Å². The van der Waals surface area contributed by atoms with Crippen LogP contribution >= 0.6 is 11.6 Å². The Bertz CT molecular complexity index is 1120. The molecule has 0 aromatic heterocycles. The minimum atomic E-state index is -1.93. The van der Waals surface area contributed by atoms with E-state index in [0.717, 1.165) is 25.2 Å². The van der Waals surface area contributed by atoms with Crippen molar-refractivity contribution >= 4 is 28.2 Å². The van der Waals surface area contributed by atoms with E-state index < -0.39 is 16.6 Å². The molecule has 242 valence electrons. The molecule has 0 saturated heterocycles. The molecule has 5 heteroatoms. The van der Waals surface area contributed by atoms with Gasteiger partial charge in [-0.25, -0.2) is 0 Å². The quantitative estimate of drug-likeness (QED) is 0.128. The van der Waals surface area contributed by atoms with Gasteiger partial charge < -0.3 is 8.85 Å². The van der Waals surface area contributed by atoms with Crippen LogP contribution in [-0.2, 0) is 15.3 Å². The van der Waals surface area contributed by atoms with Crippen LogP contribution in [0.4, 0.5) is 0 Å². The van der Waals surface area contributed by atoms with Crippen molar-refractivity contribution in [2.45, 2.75) is 166 Å². The summed E-state index contributed by atoms with van der Waals surface area (Å²) in [4.78, 5) is 0. The van der Waals surface area contributed by atoms with Gasteiger partial charge in [0, 0.05) is 11.3 Å². The molecule has 3 fully saturated rings. The number of hydrogen-bond donors (Lipinski definition) is 0. The highest BCUT2D eigenvalue weighted by atomic mass is 35.5. The number of fused-ring (bicyclic) bond motifs is 3. The first kappa shape index (κ1) is 34.0. The van der Waals surface area contributed by atoms with Crippen molar-refractivity contribution in [3.05, 3.63) is 47.5 Å². The van der Waals surface area contributed by atoms with E-state index in [1.54, 1.807) is 0 Å². The van der Waals surface area contributed by atoms with Crippen molar-refractivity contribution in [3.8, 4) is 0 Å². The highest BCUT2D eigenvalue weighted by Crippen LogP contribution is 2.56. The first-order chi connectivity index (χ1) is 19.9. The third-order valence-corrected chi connectivity index (χ3v) is 22.5. The van der Waals surface area contributed by atoms with Crippen molar-refractivity contribution in [3.63, 3.8) is 0 Å². The summed E-state index contributed by atoms with van der Waals surface area (Å²) in [6.45, 7) is 24.0. The number of hydrogen-bond acceptors (Lipinski definition) is 2. The molecule has 0 radical (unpaired) electrons. The van der Waals surface area contributed by atoms with E-state index in [0.29, 0.717) is 29.3 Å². The van der Waals surface area contributed by atoms with Gasteiger partial charge in [-0.15, -0.1) is 11.6 Å². The summed E-state index contributed by atoms with van der Waals surface area (Å²) < 4.78 is 14.6. The Balaban J connectivity index is 1.39. The van der Waals surface area contributed by atoms with Gasteiger partial charge in [0.25, 0.3) is 0 Å². The van der Waals surface area contributed by atoms with E-state index >= 15 is 0 Å². The van der Waals surface area contributed by atoms with Gasteiger partial charge in [-0.1, -0.05) is 97.2 Å². The first-order valence-electron chi connectivity index (χ1n) is 17.7. The van der Waals surface area contributed by atoms with Crippen LogP contribution in [-0.4, -0.2) is 34.2 Å². The Labute approximate surface area is 272 Å². The molecule has 6 rings (SSSR count). The summed E-state index contributed by atoms with van der Waals surface area (Å²) in [5.74, 6) is 2.34. The molecule has 2 bridgehead atoms. The van der Waals surface area contributed by atoms with Gasteiger partial charge >= 0.3 is 0 Å². The second kappa shape index (κ2) is 12.3. The Morgan fingerprint density at radius 3 is 2.07 bits per heavy atom. The number of halogens is 1. The fourth-order valence-corrected chi connectivity index (χ4v) is 10.9. The molecule has 0 aliphatic heterocycles. The van der Waals surface area contributed by atoms with Gasteiger partial charge in [-0.05, 0) is 116 Å². The standard InChI is InChI=1S/C38H63ClO2Si2/c1-36(2,3)42(7,8)40-34-25-33(39)32(24-30-23-27-17-19-29(30)20-18-27)31(34)13-11-14-35(41-43(9,10)37(4,5)6)38(21-12-22-38)26-28-15-16-28/h11,13,17-20,28,30-35H,12,14-16,21-26H2,1-10H3/t30?,31-,32-,33-,34-,35?/m1/s1. The molecule has 2 nitrogen and oxygen atoms in total. The minimum absolute atomic E-state index is 0.163. The summed E-state index contributed by atoms with van der Waals surface area (Å²) >= 11 is 7.31. The van der Waals surface area contributed by atoms with Crippen LogP contribution in [0.25, 0.3) is 0 Å². The van der Waals surface area contributed by atoms with E-state index in [2.05, 4.69) is 104 Å². The van der Waals surface area contributed by atoms with Crippen molar-refractivity contribution < 1.29 is 8.85 Å². The Morgan fingerprint density at radius 1 is 0.953 bits per heavy atom. The van der Waals surface area contributed by atoms with Gasteiger partial charge in [0.05, 0.1) is 12.2 Å². The van der Waals surface area contributed by atoms with E-state index in [-0.39, 0.29) is 21.6 Å². The summed E-state index contributed by atoms with van der Waals surface area (Å²) in [6.07, 6.45) is 18.3. The molecule has 1 aromatic carbocycles. The number of alkyl halides is 1. The van der Waals surface area contributed by atoms with E-state index in [4.69, 9.17) is 20.5 Å². The molecular weight excluding hydrogens is 580 g/mol. The average Bonchev–Trinajstić information content (AvgIpc) is 3.65. The third-order valence-electron chi connectivity index (χ3n) is 13.0. The molecule has 0 amide bonds. The Morgan fingerprint density at radius 2 is 1.58 bits per heavy atom. The molecule has 1 aromatic rings. The molecule has 0 N–H and O–H groups in total. The van der Waals surface area contributed by atoms with E-state index in [9.17, 15) is 0 Å². The monoisotopic (exact) mass is 642 g/mol. The second-order valence-electron chi connectivity index (χ2n) is 18.2. The van der Waals surface area contributed by atoms with Crippen LogP contribution in [0.5, 0.6) is 0 Å². The summed E-state index contributed by atoms with van der Waals surface area (Å²) in [5, 5.41) is 0.574. The average molecular weight is 644 g/mol. The maximum atomic E-state index is 7.37. The number of rotatable bonds is 12. The Kier molecular flexibility index (Phi) is 9.73. The highest BCUT2D eigenvalue weighted by Gasteiger charge is 2.51. The van der Waals surface area contributed by atoms with Crippen LogP contribution in [0, 0.1) is 23.2 Å². The molecule has 3 saturated carbocycles. The zero-order chi connectivity index (χ0) is 31.4. The van der Waals surface area contributed by atoms with E-state index in [1.165, 1.54) is 56.1 Å². The predicted molar refractivity (Wildman–Crippen MR) is 190 cm³/mol.